The monoisotopic (exact) mass is 352 g/mol. The maximum Gasteiger partial charge on any atom is 0.322 e. The van der Waals surface area contributed by atoms with Crippen LogP contribution in [0.15, 0.2) is 60.7 Å². The van der Waals surface area contributed by atoms with Gasteiger partial charge in [-0.1, -0.05) is 74.0 Å². The molecule has 0 saturated carbocycles. The van der Waals surface area contributed by atoms with Crippen LogP contribution >= 0.6 is 11.8 Å². The largest absolute Gasteiger partial charge is 0.322 e. The molecule has 0 bridgehead atoms. The van der Waals surface area contributed by atoms with E-state index in [0.29, 0.717) is 18.6 Å². The van der Waals surface area contributed by atoms with Gasteiger partial charge in [-0.2, -0.15) is 0 Å². The molecule has 0 unspecified atom stereocenters. The Kier molecular flexibility index (Phi) is 4.71. The number of rotatable bonds is 5. The van der Waals surface area contributed by atoms with Gasteiger partial charge in [-0.05, 0) is 17.5 Å². The fraction of sp³-hybridized carbons (Fsp3) is 0.381. The van der Waals surface area contributed by atoms with Gasteiger partial charge in [0.15, 0.2) is 0 Å². The van der Waals surface area contributed by atoms with Gasteiger partial charge in [0, 0.05) is 12.3 Å². The van der Waals surface area contributed by atoms with Crippen LogP contribution in [0.4, 0.5) is 4.79 Å². The second kappa shape index (κ2) is 7.12. The number of carbonyl (C=O) groups is 1. The second-order valence-electron chi connectivity index (χ2n) is 6.82. The molecule has 2 amide bonds. The van der Waals surface area contributed by atoms with E-state index in [0.717, 1.165) is 18.6 Å². The number of urea groups is 1. The summed E-state index contributed by atoms with van der Waals surface area (Å²) < 4.78 is 0. The summed E-state index contributed by atoms with van der Waals surface area (Å²) in [5, 5.41) is 0.152. The Bertz CT molecular complexity index is 721. The highest BCUT2D eigenvalue weighted by molar-refractivity contribution is 7.99. The SMILES string of the molecule is CCC[C@H]1[C@H]2CS[C@@H](c3ccccc3)N2C(=O)N1Cc1ccccc1. The van der Waals surface area contributed by atoms with E-state index in [1.807, 2.05) is 23.9 Å². The molecular weight excluding hydrogens is 328 g/mol. The lowest BCUT2D eigenvalue weighted by Gasteiger charge is -2.26. The Balaban J connectivity index is 1.62. The van der Waals surface area contributed by atoms with Crippen LogP contribution in [0.1, 0.15) is 36.3 Å². The number of benzene rings is 2. The first-order valence-corrected chi connectivity index (χ1v) is 10.1. The second-order valence-corrected chi connectivity index (χ2v) is 7.94. The van der Waals surface area contributed by atoms with Gasteiger partial charge in [-0.3, -0.25) is 0 Å². The quantitative estimate of drug-likeness (QED) is 0.763. The Hall–Kier alpha value is -1.94. The standard InChI is InChI=1S/C21H24N2OS/c1-2-9-18-19-15-25-20(17-12-7-4-8-13-17)23(19)21(24)22(18)14-16-10-5-3-6-11-16/h3-8,10-13,18-20H,2,9,14-15H2,1H3/t18-,19+,20-/m0/s1. The van der Waals surface area contributed by atoms with Crippen LogP contribution in [0.2, 0.25) is 0 Å². The van der Waals surface area contributed by atoms with Crippen molar-refractivity contribution in [2.45, 2.75) is 43.8 Å². The van der Waals surface area contributed by atoms with Gasteiger partial charge in [-0.25, -0.2) is 4.79 Å². The molecule has 2 heterocycles. The summed E-state index contributed by atoms with van der Waals surface area (Å²) in [7, 11) is 0. The Labute approximate surface area is 154 Å². The molecule has 4 rings (SSSR count). The van der Waals surface area contributed by atoms with Crippen molar-refractivity contribution in [3.8, 4) is 0 Å². The summed E-state index contributed by atoms with van der Waals surface area (Å²) in [6.45, 7) is 2.92. The maximum atomic E-state index is 13.3. The number of hydrogen-bond donors (Lipinski definition) is 0. The lowest BCUT2D eigenvalue weighted by molar-refractivity contribution is 0.180. The van der Waals surface area contributed by atoms with Gasteiger partial charge in [0.05, 0.1) is 12.1 Å². The van der Waals surface area contributed by atoms with Crippen LogP contribution in [0.3, 0.4) is 0 Å². The smallest absolute Gasteiger partial charge is 0.315 e. The minimum Gasteiger partial charge on any atom is -0.315 e. The van der Waals surface area contributed by atoms with E-state index >= 15 is 0 Å². The first-order chi connectivity index (χ1) is 12.3. The molecule has 25 heavy (non-hydrogen) atoms. The fourth-order valence-electron chi connectivity index (χ4n) is 4.04. The highest BCUT2D eigenvalue weighted by Crippen LogP contribution is 2.47. The molecule has 2 aliphatic heterocycles. The third kappa shape index (κ3) is 3.04. The van der Waals surface area contributed by atoms with Gasteiger partial charge in [-0.15, -0.1) is 11.8 Å². The third-order valence-electron chi connectivity index (χ3n) is 5.21. The van der Waals surface area contributed by atoms with Crippen LogP contribution in [0.5, 0.6) is 0 Å². The summed E-state index contributed by atoms with van der Waals surface area (Å²) in [5.41, 5.74) is 2.45. The van der Waals surface area contributed by atoms with E-state index < -0.39 is 0 Å². The highest BCUT2D eigenvalue weighted by Gasteiger charge is 2.51. The molecule has 0 aromatic heterocycles. The molecule has 3 atom stereocenters. The Morgan fingerprint density at radius 3 is 2.40 bits per heavy atom. The van der Waals surface area contributed by atoms with Crippen molar-refractivity contribution >= 4 is 17.8 Å². The number of thioether (sulfide) groups is 1. The molecule has 0 N–H and O–H groups in total. The number of nitrogens with zero attached hydrogens (tertiary/aromatic N) is 2. The number of fused-ring (bicyclic) bond motifs is 1. The first kappa shape index (κ1) is 16.5. The topological polar surface area (TPSA) is 23.6 Å². The molecule has 2 aliphatic rings. The van der Waals surface area contributed by atoms with E-state index in [1.54, 1.807) is 0 Å². The number of carbonyl (C=O) groups excluding carboxylic acids is 1. The molecule has 3 nitrogen and oxygen atoms in total. The van der Waals surface area contributed by atoms with Crippen LogP contribution in [-0.2, 0) is 6.54 Å². The normalized spacial score (nSPS) is 25.5. The minimum atomic E-state index is 0.152. The molecule has 0 aliphatic carbocycles. The van der Waals surface area contributed by atoms with Crippen LogP contribution in [0, 0.1) is 0 Å². The van der Waals surface area contributed by atoms with Crippen molar-refractivity contribution < 1.29 is 4.79 Å². The highest BCUT2D eigenvalue weighted by atomic mass is 32.2. The zero-order valence-corrected chi connectivity index (χ0v) is 15.4. The van der Waals surface area contributed by atoms with Gasteiger partial charge >= 0.3 is 6.03 Å². The van der Waals surface area contributed by atoms with Gasteiger partial charge in [0.2, 0.25) is 0 Å². The van der Waals surface area contributed by atoms with Crippen molar-refractivity contribution in [3.63, 3.8) is 0 Å². The predicted molar refractivity (Wildman–Crippen MR) is 103 cm³/mol. The fourth-order valence-corrected chi connectivity index (χ4v) is 5.56. The molecule has 0 radical (unpaired) electrons. The first-order valence-electron chi connectivity index (χ1n) is 9.09. The lowest BCUT2D eigenvalue weighted by atomic mass is 10.0. The Morgan fingerprint density at radius 2 is 1.72 bits per heavy atom. The molecule has 2 aromatic rings. The van der Waals surface area contributed by atoms with Gasteiger partial charge < -0.3 is 9.80 Å². The Morgan fingerprint density at radius 1 is 1.04 bits per heavy atom. The molecule has 4 heteroatoms. The molecule has 2 saturated heterocycles. The van der Waals surface area contributed by atoms with Crippen molar-refractivity contribution in [1.29, 1.82) is 0 Å². The molecular formula is C21H24N2OS. The summed E-state index contributed by atoms with van der Waals surface area (Å²) in [6, 6.07) is 21.6. The summed E-state index contributed by atoms with van der Waals surface area (Å²) >= 11 is 1.91. The molecule has 2 aromatic carbocycles. The molecule has 2 fully saturated rings. The zero-order chi connectivity index (χ0) is 17.2. The molecule has 0 spiro atoms. The van der Waals surface area contributed by atoms with Gasteiger partial charge in [0.1, 0.15) is 5.37 Å². The number of hydrogen-bond acceptors (Lipinski definition) is 2. The van der Waals surface area contributed by atoms with E-state index in [1.165, 1.54) is 11.1 Å². The third-order valence-corrected chi connectivity index (χ3v) is 6.56. The van der Waals surface area contributed by atoms with Crippen LogP contribution < -0.4 is 0 Å². The number of amides is 2. The predicted octanol–water partition coefficient (Wildman–Crippen LogP) is 4.91. The zero-order valence-electron chi connectivity index (χ0n) is 14.5. The lowest BCUT2D eigenvalue weighted by Crippen LogP contribution is -2.36. The van der Waals surface area contributed by atoms with Crippen LogP contribution in [-0.4, -0.2) is 33.7 Å². The molecule has 130 valence electrons. The summed E-state index contributed by atoms with van der Waals surface area (Å²) in [5.74, 6) is 1.03. The van der Waals surface area contributed by atoms with Crippen LogP contribution in [0.25, 0.3) is 0 Å². The van der Waals surface area contributed by atoms with Crippen molar-refractivity contribution in [2.24, 2.45) is 0 Å². The average Bonchev–Trinajstić information content (AvgIpc) is 3.19. The average molecular weight is 353 g/mol. The summed E-state index contributed by atoms with van der Waals surface area (Å²) in [6.07, 6.45) is 2.18. The van der Waals surface area contributed by atoms with E-state index in [9.17, 15) is 4.79 Å². The minimum absolute atomic E-state index is 0.152. The maximum absolute atomic E-state index is 13.3. The van der Waals surface area contributed by atoms with Crippen molar-refractivity contribution in [1.82, 2.24) is 9.80 Å². The van der Waals surface area contributed by atoms with Crippen molar-refractivity contribution in [2.75, 3.05) is 5.75 Å². The van der Waals surface area contributed by atoms with E-state index in [2.05, 4.69) is 65.3 Å². The van der Waals surface area contributed by atoms with E-state index in [-0.39, 0.29) is 11.4 Å². The summed E-state index contributed by atoms with van der Waals surface area (Å²) in [4.78, 5) is 17.6. The van der Waals surface area contributed by atoms with Crippen molar-refractivity contribution in [3.05, 3.63) is 71.8 Å². The van der Waals surface area contributed by atoms with Gasteiger partial charge in [0.25, 0.3) is 0 Å². The van der Waals surface area contributed by atoms with E-state index in [4.69, 9.17) is 0 Å².